The van der Waals surface area contributed by atoms with Crippen molar-refractivity contribution in [2.75, 3.05) is 19.0 Å². The van der Waals surface area contributed by atoms with Gasteiger partial charge in [0.25, 0.3) is 0 Å². The molecule has 0 saturated heterocycles. The van der Waals surface area contributed by atoms with Crippen LogP contribution < -0.4 is 5.32 Å². The fraction of sp³-hybridized carbons (Fsp3) is 0.300. The van der Waals surface area contributed by atoms with Crippen molar-refractivity contribution in [1.82, 2.24) is 20.3 Å². The smallest absolute Gasteiger partial charge is 0.358 e. The summed E-state index contributed by atoms with van der Waals surface area (Å²) in [5, 5.41) is 14.3. The first-order chi connectivity index (χ1) is 8.79. The van der Waals surface area contributed by atoms with Gasteiger partial charge in [0.05, 0.1) is 7.11 Å². The molecule has 0 spiro atoms. The van der Waals surface area contributed by atoms with Crippen LogP contribution >= 0.6 is 0 Å². The summed E-state index contributed by atoms with van der Waals surface area (Å²) in [6, 6.07) is 3.19. The van der Waals surface area contributed by atoms with Crippen molar-refractivity contribution in [2.45, 2.75) is 6.42 Å². The number of ether oxygens (including phenoxy) is 1. The molecule has 2 aromatic rings. The molecule has 0 fully saturated rings. The number of hydrogen-bond donors (Lipinski definition) is 1. The Morgan fingerprint density at radius 2 is 2.33 bits per heavy atom. The molecule has 0 aliphatic rings. The number of anilines is 1. The maximum absolute atomic E-state index is 11.1. The number of hydrogen-bond acceptors (Lipinski definition) is 8. The van der Waals surface area contributed by atoms with Crippen molar-refractivity contribution in [1.29, 1.82) is 0 Å². The third-order valence-corrected chi connectivity index (χ3v) is 2.12. The SMILES string of the molecule is COC(=O)c1ccc(NCCc2ncon2)nn1. The quantitative estimate of drug-likeness (QED) is 0.754. The number of nitrogens with zero attached hydrogens (tertiary/aromatic N) is 4. The Balaban J connectivity index is 1.85. The third kappa shape index (κ3) is 3.00. The summed E-state index contributed by atoms with van der Waals surface area (Å²) < 4.78 is 9.12. The molecule has 0 saturated carbocycles. The molecule has 0 unspecified atom stereocenters. The van der Waals surface area contributed by atoms with Crippen LogP contribution in [-0.2, 0) is 11.2 Å². The lowest BCUT2D eigenvalue weighted by Gasteiger charge is -2.03. The average molecular weight is 249 g/mol. The Bertz CT molecular complexity index is 497. The van der Waals surface area contributed by atoms with Crippen molar-refractivity contribution in [3.05, 3.63) is 30.0 Å². The van der Waals surface area contributed by atoms with E-state index in [0.717, 1.165) is 0 Å². The highest BCUT2D eigenvalue weighted by atomic mass is 16.5. The van der Waals surface area contributed by atoms with Crippen LogP contribution in [0.15, 0.2) is 23.0 Å². The van der Waals surface area contributed by atoms with E-state index in [2.05, 4.69) is 34.9 Å². The van der Waals surface area contributed by atoms with Gasteiger partial charge in [0.2, 0.25) is 6.39 Å². The van der Waals surface area contributed by atoms with Crippen LogP contribution in [0.5, 0.6) is 0 Å². The Morgan fingerprint density at radius 3 is 2.94 bits per heavy atom. The molecule has 0 radical (unpaired) electrons. The van der Waals surface area contributed by atoms with Crippen LogP contribution in [0, 0.1) is 0 Å². The number of methoxy groups -OCH3 is 1. The molecule has 1 N–H and O–H groups in total. The van der Waals surface area contributed by atoms with Gasteiger partial charge in [-0.15, -0.1) is 10.2 Å². The van der Waals surface area contributed by atoms with Gasteiger partial charge in [-0.2, -0.15) is 4.98 Å². The van der Waals surface area contributed by atoms with E-state index in [1.54, 1.807) is 6.07 Å². The van der Waals surface area contributed by atoms with Gasteiger partial charge in [-0.05, 0) is 12.1 Å². The Morgan fingerprint density at radius 1 is 1.44 bits per heavy atom. The van der Waals surface area contributed by atoms with E-state index in [1.165, 1.54) is 19.6 Å². The Hall–Kier alpha value is -2.51. The second-order valence-corrected chi connectivity index (χ2v) is 3.32. The second-order valence-electron chi connectivity index (χ2n) is 3.32. The van der Waals surface area contributed by atoms with Crippen molar-refractivity contribution in [3.8, 4) is 0 Å². The number of nitrogens with one attached hydrogen (secondary N) is 1. The summed E-state index contributed by atoms with van der Waals surface area (Å²) in [6.07, 6.45) is 1.89. The van der Waals surface area contributed by atoms with Crippen LogP contribution in [0.25, 0.3) is 0 Å². The molecule has 0 aliphatic heterocycles. The number of rotatable bonds is 5. The summed E-state index contributed by atoms with van der Waals surface area (Å²) in [5.74, 6) is 0.661. The highest BCUT2D eigenvalue weighted by Gasteiger charge is 2.07. The van der Waals surface area contributed by atoms with E-state index in [4.69, 9.17) is 0 Å². The Kier molecular flexibility index (Phi) is 3.79. The Labute approximate surface area is 102 Å². The van der Waals surface area contributed by atoms with Crippen molar-refractivity contribution in [3.63, 3.8) is 0 Å². The molecule has 18 heavy (non-hydrogen) atoms. The van der Waals surface area contributed by atoms with Gasteiger partial charge in [-0.25, -0.2) is 4.79 Å². The topological polar surface area (TPSA) is 103 Å². The summed E-state index contributed by atoms with van der Waals surface area (Å²) in [5.41, 5.74) is 0.168. The predicted molar refractivity (Wildman–Crippen MR) is 59.9 cm³/mol. The monoisotopic (exact) mass is 249 g/mol. The van der Waals surface area contributed by atoms with E-state index in [-0.39, 0.29) is 5.69 Å². The minimum atomic E-state index is -0.513. The lowest BCUT2D eigenvalue weighted by Crippen LogP contribution is -2.10. The normalized spacial score (nSPS) is 10.1. The van der Waals surface area contributed by atoms with Gasteiger partial charge < -0.3 is 14.6 Å². The third-order valence-electron chi connectivity index (χ3n) is 2.12. The molecule has 0 amide bonds. The number of carbonyl (C=O) groups excluding carboxylic acids is 1. The summed E-state index contributed by atoms with van der Waals surface area (Å²) in [6.45, 7) is 0.589. The molecule has 94 valence electrons. The second kappa shape index (κ2) is 5.71. The zero-order valence-corrected chi connectivity index (χ0v) is 9.66. The maximum Gasteiger partial charge on any atom is 0.358 e. The zero-order valence-electron chi connectivity index (χ0n) is 9.66. The van der Waals surface area contributed by atoms with Gasteiger partial charge >= 0.3 is 5.97 Å². The number of aromatic nitrogens is 4. The van der Waals surface area contributed by atoms with Gasteiger partial charge in [-0.3, -0.25) is 0 Å². The average Bonchev–Trinajstić information content (AvgIpc) is 2.92. The van der Waals surface area contributed by atoms with Crippen molar-refractivity contribution < 1.29 is 14.1 Å². The molecule has 0 aliphatic carbocycles. The molecular weight excluding hydrogens is 238 g/mol. The van der Waals surface area contributed by atoms with E-state index >= 15 is 0 Å². The standard InChI is InChI=1S/C10H11N5O3/c1-17-10(16)7-2-3-8(14-13-7)11-5-4-9-12-6-18-15-9/h2-3,6H,4-5H2,1H3,(H,11,14). The van der Waals surface area contributed by atoms with Gasteiger partial charge in [0.15, 0.2) is 11.5 Å². The number of carbonyl (C=O) groups is 1. The highest BCUT2D eigenvalue weighted by molar-refractivity contribution is 5.86. The molecule has 0 aromatic carbocycles. The van der Waals surface area contributed by atoms with Crippen LogP contribution in [0.3, 0.4) is 0 Å². The first-order valence-electron chi connectivity index (χ1n) is 5.21. The zero-order chi connectivity index (χ0) is 12.8. The lowest BCUT2D eigenvalue weighted by atomic mass is 10.3. The maximum atomic E-state index is 11.1. The van der Waals surface area contributed by atoms with Gasteiger partial charge in [0.1, 0.15) is 5.82 Å². The summed E-state index contributed by atoms with van der Waals surface area (Å²) >= 11 is 0. The summed E-state index contributed by atoms with van der Waals surface area (Å²) in [7, 11) is 1.29. The molecule has 0 bridgehead atoms. The number of esters is 1. The van der Waals surface area contributed by atoms with Gasteiger partial charge in [0, 0.05) is 13.0 Å². The van der Waals surface area contributed by atoms with E-state index < -0.39 is 5.97 Å². The van der Waals surface area contributed by atoms with E-state index in [1.807, 2.05) is 0 Å². The van der Waals surface area contributed by atoms with E-state index in [9.17, 15) is 4.79 Å². The van der Waals surface area contributed by atoms with Crippen molar-refractivity contribution in [2.24, 2.45) is 0 Å². The first kappa shape index (κ1) is 12.0. The molecule has 2 heterocycles. The minimum absolute atomic E-state index is 0.168. The minimum Gasteiger partial charge on any atom is -0.464 e. The lowest BCUT2D eigenvalue weighted by molar-refractivity contribution is 0.0593. The highest BCUT2D eigenvalue weighted by Crippen LogP contribution is 2.03. The van der Waals surface area contributed by atoms with Crippen LogP contribution in [0.1, 0.15) is 16.3 Å². The largest absolute Gasteiger partial charge is 0.464 e. The fourth-order valence-corrected chi connectivity index (χ4v) is 1.24. The van der Waals surface area contributed by atoms with Gasteiger partial charge in [-0.1, -0.05) is 5.16 Å². The predicted octanol–water partition coefficient (Wildman–Crippen LogP) is 0.301. The van der Waals surface area contributed by atoms with Crippen LogP contribution in [0.2, 0.25) is 0 Å². The van der Waals surface area contributed by atoms with Crippen LogP contribution in [-0.4, -0.2) is 40.0 Å². The first-order valence-corrected chi connectivity index (χ1v) is 5.21. The molecule has 2 aromatic heterocycles. The van der Waals surface area contributed by atoms with Crippen LogP contribution in [0.4, 0.5) is 5.82 Å². The molecule has 8 nitrogen and oxygen atoms in total. The fourth-order valence-electron chi connectivity index (χ4n) is 1.24. The molecule has 2 rings (SSSR count). The molecular formula is C10H11N5O3. The van der Waals surface area contributed by atoms with Crippen molar-refractivity contribution >= 4 is 11.8 Å². The summed E-state index contributed by atoms with van der Waals surface area (Å²) in [4.78, 5) is 15.0. The molecule has 0 atom stereocenters. The molecule has 8 heteroatoms. The van der Waals surface area contributed by atoms with E-state index in [0.29, 0.717) is 24.6 Å².